The summed E-state index contributed by atoms with van der Waals surface area (Å²) in [5, 5.41) is 19.0. The third-order valence-corrected chi connectivity index (χ3v) is 7.83. The SMILES string of the molecule is CCC(Sc1cccc(NC(=O)/C(=C\c2ccccc2[N+](=O)[O-])NC(=O)c2ccccc2)c1)C(=O)Nc1ccc(F)c(Cl)c1. The molecule has 1 atom stereocenters. The molecule has 0 spiro atoms. The number of thioether (sulfide) groups is 1. The zero-order valence-electron chi connectivity index (χ0n) is 23.3. The molecule has 0 aromatic heterocycles. The van der Waals surface area contributed by atoms with Crippen LogP contribution in [0.15, 0.2) is 108 Å². The van der Waals surface area contributed by atoms with E-state index in [0.717, 1.165) is 0 Å². The Morgan fingerprint density at radius 1 is 0.932 bits per heavy atom. The maximum atomic E-state index is 13.5. The van der Waals surface area contributed by atoms with E-state index in [9.17, 15) is 28.9 Å². The van der Waals surface area contributed by atoms with Crippen LogP contribution in [0.3, 0.4) is 0 Å². The minimum absolute atomic E-state index is 0.109. The van der Waals surface area contributed by atoms with Crippen LogP contribution < -0.4 is 16.0 Å². The number of para-hydroxylation sites is 1. The summed E-state index contributed by atoms with van der Waals surface area (Å²) in [6.45, 7) is 1.84. The van der Waals surface area contributed by atoms with Gasteiger partial charge in [-0.15, -0.1) is 11.8 Å². The van der Waals surface area contributed by atoms with Gasteiger partial charge >= 0.3 is 0 Å². The topological polar surface area (TPSA) is 130 Å². The van der Waals surface area contributed by atoms with Crippen molar-refractivity contribution in [2.24, 2.45) is 0 Å². The van der Waals surface area contributed by atoms with Crippen molar-refractivity contribution in [3.63, 3.8) is 0 Å². The summed E-state index contributed by atoms with van der Waals surface area (Å²) in [4.78, 5) is 51.0. The number of nitrogens with one attached hydrogen (secondary N) is 3. The number of nitro groups is 1. The van der Waals surface area contributed by atoms with Gasteiger partial charge in [-0.05, 0) is 67.1 Å². The maximum absolute atomic E-state index is 13.5. The van der Waals surface area contributed by atoms with Gasteiger partial charge in [-0.25, -0.2) is 4.39 Å². The molecule has 0 bridgehead atoms. The van der Waals surface area contributed by atoms with Crippen LogP contribution in [0.25, 0.3) is 6.08 Å². The van der Waals surface area contributed by atoms with Gasteiger partial charge in [0.1, 0.15) is 11.5 Å². The van der Waals surface area contributed by atoms with Gasteiger partial charge in [0.2, 0.25) is 5.91 Å². The Bertz CT molecular complexity index is 1740. The van der Waals surface area contributed by atoms with Crippen molar-refractivity contribution in [2.45, 2.75) is 23.5 Å². The number of rotatable bonds is 11. The van der Waals surface area contributed by atoms with Gasteiger partial charge in [0, 0.05) is 27.9 Å². The summed E-state index contributed by atoms with van der Waals surface area (Å²) in [5.41, 5.74) is 0.686. The molecule has 9 nitrogen and oxygen atoms in total. The quantitative estimate of drug-likeness (QED) is 0.0688. The summed E-state index contributed by atoms with van der Waals surface area (Å²) in [7, 11) is 0. The molecule has 3 amide bonds. The number of hydrogen-bond donors (Lipinski definition) is 3. The second-order valence-corrected chi connectivity index (χ2v) is 11.0. The summed E-state index contributed by atoms with van der Waals surface area (Å²) >= 11 is 7.08. The number of nitrogens with zero attached hydrogens (tertiary/aromatic N) is 1. The van der Waals surface area contributed by atoms with Gasteiger partial charge in [0.15, 0.2) is 0 Å². The largest absolute Gasteiger partial charge is 0.325 e. The first kappa shape index (κ1) is 31.9. The molecule has 0 saturated heterocycles. The van der Waals surface area contributed by atoms with Crippen LogP contribution in [0.5, 0.6) is 0 Å². The highest BCUT2D eigenvalue weighted by atomic mass is 35.5. The van der Waals surface area contributed by atoms with Crippen molar-refractivity contribution in [2.75, 3.05) is 10.6 Å². The Morgan fingerprint density at radius 3 is 2.34 bits per heavy atom. The van der Waals surface area contributed by atoms with Gasteiger partial charge in [-0.3, -0.25) is 24.5 Å². The lowest BCUT2D eigenvalue weighted by atomic mass is 10.1. The lowest BCUT2D eigenvalue weighted by Gasteiger charge is -2.16. The molecule has 0 fully saturated rings. The molecule has 0 aliphatic heterocycles. The normalized spacial score (nSPS) is 11.8. The Balaban J connectivity index is 1.54. The molecule has 224 valence electrons. The van der Waals surface area contributed by atoms with E-state index in [0.29, 0.717) is 28.3 Å². The van der Waals surface area contributed by atoms with Crippen molar-refractivity contribution >= 4 is 64.2 Å². The number of benzene rings is 4. The second kappa shape index (κ2) is 14.9. The van der Waals surface area contributed by atoms with E-state index in [1.165, 1.54) is 54.2 Å². The van der Waals surface area contributed by atoms with Crippen LogP contribution in [-0.2, 0) is 9.59 Å². The number of anilines is 2. The van der Waals surface area contributed by atoms with Crippen LogP contribution in [0.2, 0.25) is 5.02 Å². The number of amides is 3. The van der Waals surface area contributed by atoms with Crippen molar-refractivity contribution in [1.82, 2.24) is 5.32 Å². The first-order valence-corrected chi connectivity index (χ1v) is 14.6. The van der Waals surface area contributed by atoms with E-state index in [2.05, 4.69) is 16.0 Å². The molecule has 3 N–H and O–H groups in total. The maximum Gasteiger partial charge on any atom is 0.276 e. The zero-order valence-corrected chi connectivity index (χ0v) is 24.8. The van der Waals surface area contributed by atoms with Crippen LogP contribution in [0.1, 0.15) is 29.3 Å². The monoisotopic (exact) mass is 632 g/mol. The predicted octanol–water partition coefficient (Wildman–Crippen LogP) is 7.31. The average molecular weight is 633 g/mol. The van der Waals surface area contributed by atoms with Gasteiger partial charge in [0.05, 0.1) is 20.8 Å². The van der Waals surface area contributed by atoms with E-state index in [1.807, 2.05) is 6.92 Å². The van der Waals surface area contributed by atoms with Gasteiger partial charge in [0.25, 0.3) is 17.5 Å². The molecule has 0 saturated carbocycles. The molecular formula is C32H26ClFN4O5S. The van der Waals surface area contributed by atoms with Crippen molar-refractivity contribution in [3.05, 3.63) is 135 Å². The smallest absolute Gasteiger partial charge is 0.276 e. The van der Waals surface area contributed by atoms with Gasteiger partial charge in [-0.1, -0.05) is 54.9 Å². The van der Waals surface area contributed by atoms with Crippen LogP contribution >= 0.6 is 23.4 Å². The minimum Gasteiger partial charge on any atom is -0.325 e. The zero-order chi connectivity index (χ0) is 31.6. The molecule has 44 heavy (non-hydrogen) atoms. The Labute approximate surface area is 261 Å². The molecule has 1 unspecified atom stereocenters. The van der Waals surface area contributed by atoms with E-state index in [1.54, 1.807) is 60.7 Å². The van der Waals surface area contributed by atoms with E-state index in [-0.39, 0.29) is 27.9 Å². The summed E-state index contributed by atoms with van der Waals surface area (Å²) in [6, 6.07) is 24.7. The lowest BCUT2D eigenvalue weighted by Crippen LogP contribution is -2.30. The fraction of sp³-hybridized carbons (Fsp3) is 0.0938. The number of carbonyl (C=O) groups is 3. The number of nitro benzene ring substituents is 1. The van der Waals surface area contributed by atoms with Crippen LogP contribution in [-0.4, -0.2) is 27.9 Å². The highest BCUT2D eigenvalue weighted by Gasteiger charge is 2.21. The second-order valence-electron chi connectivity index (χ2n) is 9.31. The molecule has 0 radical (unpaired) electrons. The van der Waals surface area contributed by atoms with E-state index < -0.39 is 27.8 Å². The molecular weight excluding hydrogens is 607 g/mol. The molecule has 0 aliphatic carbocycles. The standard InChI is InChI=1S/C32H26ClFN4O5S/c1-2-29(32(41)36-23-15-16-26(34)25(33)19-23)44-24-13-8-12-22(18-24)35-31(40)27(37-30(39)20-9-4-3-5-10-20)17-21-11-6-7-14-28(21)38(42)43/h3-19,29H,2H2,1H3,(H,35,40)(H,36,41)(H,37,39)/b27-17+. The Hall–Kier alpha value is -5.00. The van der Waals surface area contributed by atoms with Crippen molar-refractivity contribution in [3.8, 4) is 0 Å². The third kappa shape index (κ3) is 8.52. The van der Waals surface area contributed by atoms with Gasteiger partial charge in [-0.2, -0.15) is 0 Å². The summed E-state index contributed by atoms with van der Waals surface area (Å²) in [6.07, 6.45) is 1.71. The predicted molar refractivity (Wildman–Crippen MR) is 170 cm³/mol. The van der Waals surface area contributed by atoms with E-state index in [4.69, 9.17) is 11.6 Å². The van der Waals surface area contributed by atoms with E-state index >= 15 is 0 Å². The van der Waals surface area contributed by atoms with Crippen molar-refractivity contribution in [1.29, 1.82) is 0 Å². The fourth-order valence-corrected chi connectivity index (χ4v) is 5.20. The highest BCUT2D eigenvalue weighted by Crippen LogP contribution is 2.29. The number of carbonyl (C=O) groups excluding carboxylic acids is 3. The molecule has 4 aromatic carbocycles. The molecule has 4 aromatic rings. The van der Waals surface area contributed by atoms with Crippen molar-refractivity contribution < 1.29 is 23.7 Å². The van der Waals surface area contributed by atoms with Crippen LogP contribution in [0.4, 0.5) is 21.5 Å². The third-order valence-electron chi connectivity index (χ3n) is 6.18. The number of hydrogen-bond acceptors (Lipinski definition) is 6. The Morgan fingerprint density at radius 2 is 1.64 bits per heavy atom. The first-order chi connectivity index (χ1) is 21.1. The minimum atomic E-state index is -0.715. The summed E-state index contributed by atoms with van der Waals surface area (Å²) in [5.74, 6) is -2.20. The fourth-order valence-electron chi connectivity index (χ4n) is 4.00. The van der Waals surface area contributed by atoms with Crippen LogP contribution in [0, 0.1) is 15.9 Å². The molecule has 4 rings (SSSR count). The lowest BCUT2D eigenvalue weighted by molar-refractivity contribution is -0.385. The molecule has 0 heterocycles. The number of halogens is 2. The molecule has 0 aliphatic rings. The summed E-state index contributed by atoms with van der Waals surface area (Å²) < 4.78 is 13.5. The Kier molecular flexibility index (Phi) is 10.8. The highest BCUT2D eigenvalue weighted by molar-refractivity contribution is 8.00. The average Bonchev–Trinajstić information content (AvgIpc) is 3.02. The van der Waals surface area contributed by atoms with Gasteiger partial charge < -0.3 is 16.0 Å². The molecule has 12 heteroatoms. The first-order valence-electron chi connectivity index (χ1n) is 13.3.